The zero-order valence-electron chi connectivity index (χ0n) is 14.8. The molecule has 0 aliphatic rings. The smallest absolute Gasteiger partial charge is 0.337 e. The van der Waals surface area contributed by atoms with Crippen molar-refractivity contribution in [2.24, 2.45) is 0 Å². The molecule has 2 aromatic carbocycles. The van der Waals surface area contributed by atoms with E-state index in [0.717, 1.165) is 22.0 Å². The number of carboxylic acid groups (broad SMARTS) is 1. The predicted molar refractivity (Wildman–Crippen MR) is 108 cm³/mol. The van der Waals surface area contributed by atoms with Gasteiger partial charge < -0.3 is 9.51 Å². The van der Waals surface area contributed by atoms with Gasteiger partial charge in [-0.15, -0.1) is 0 Å². The van der Waals surface area contributed by atoms with Gasteiger partial charge in [-0.2, -0.15) is 0 Å². The van der Waals surface area contributed by atoms with Crippen LogP contribution < -0.4 is 0 Å². The molecule has 0 saturated carbocycles. The summed E-state index contributed by atoms with van der Waals surface area (Å²) in [6.07, 6.45) is 5.35. The first-order valence-electron chi connectivity index (χ1n) is 8.66. The first kappa shape index (κ1) is 16.8. The van der Waals surface area contributed by atoms with E-state index in [2.05, 4.69) is 17.1 Å². The van der Waals surface area contributed by atoms with Gasteiger partial charge in [-0.1, -0.05) is 48.5 Å². The van der Waals surface area contributed by atoms with Crippen molar-refractivity contribution in [3.63, 3.8) is 0 Å². The summed E-state index contributed by atoms with van der Waals surface area (Å²) in [6.45, 7) is 2.03. The van der Waals surface area contributed by atoms with E-state index in [1.165, 1.54) is 10.8 Å². The van der Waals surface area contributed by atoms with Gasteiger partial charge in [0.15, 0.2) is 0 Å². The zero-order chi connectivity index (χ0) is 18.8. The van der Waals surface area contributed by atoms with Gasteiger partial charge in [0.25, 0.3) is 0 Å². The Morgan fingerprint density at radius 3 is 2.30 bits per heavy atom. The third-order valence-corrected chi connectivity index (χ3v) is 4.62. The fourth-order valence-electron chi connectivity index (χ4n) is 3.24. The van der Waals surface area contributed by atoms with E-state index in [1.807, 2.05) is 72.2 Å². The summed E-state index contributed by atoms with van der Waals surface area (Å²) in [7, 11) is 0. The number of carbonyl (C=O) groups is 1. The highest BCUT2D eigenvalue weighted by atomic mass is 16.4. The summed E-state index contributed by atoms with van der Waals surface area (Å²) in [4.78, 5) is 15.1. The molecule has 0 fully saturated rings. The number of fused-ring (bicyclic) bond motifs is 4. The number of rotatable bonds is 1. The van der Waals surface area contributed by atoms with Crippen molar-refractivity contribution in [1.29, 1.82) is 0 Å². The van der Waals surface area contributed by atoms with Crippen LogP contribution in [-0.2, 0) is 0 Å². The molecule has 4 heteroatoms. The Morgan fingerprint density at radius 1 is 0.926 bits per heavy atom. The topological polar surface area (TPSA) is 54.6 Å². The number of aromatic nitrogens is 2. The monoisotopic (exact) mass is 354 g/mol. The molecule has 0 amide bonds. The molecule has 0 spiro atoms. The Kier molecular flexibility index (Phi) is 4.30. The number of hydrogen-bond donors (Lipinski definition) is 1. The fourth-order valence-corrected chi connectivity index (χ4v) is 3.24. The highest BCUT2D eigenvalue weighted by molar-refractivity contribution is 5.99. The number of carboxylic acids is 1. The molecule has 0 atom stereocenters. The van der Waals surface area contributed by atoms with Crippen LogP contribution in [-0.4, -0.2) is 20.5 Å². The molecular weight excluding hydrogens is 336 g/mol. The van der Waals surface area contributed by atoms with Gasteiger partial charge in [0, 0.05) is 35.1 Å². The van der Waals surface area contributed by atoms with Crippen LogP contribution in [0.2, 0.25) is 0 Å². The summed E-state index contributed by atoms with van der Waals surface area (Å²) in [5.74, 6) is -0.896. The lowest BCUT2D eigenvalue weighted by Crippen LogP contribution is -1.91. The summed E-state index contributed by atoms with van der Waals surface area (Å²) in [6, 6.07) is 21.9. The average molecular weight is 354 g/mol. The number of benzene rings is 2. The number of pyridine rings is 2. The van der Waals surface area contributed by atoms with E-state index in [9.17, 15) is 4.79 Å². The molecule has 1 N–H and O–H groups in total. The largest absolute Gasteiger partial charge is 0.478 e. The third kappa shape index (κ3) is 3.25. The van der Waals surface area contributed by atoms with Crippen molar-refractivity contribution in [2.45, 2.75) is 6.92 Å². The minimum atomic E-state index is -0.896. The maximum absolute atomic E-state index is 10.9. The van der Waals surface area contributed by atoms with E-state index < -0.39 is 5.97 Å². The predicted octanol–water partition coefficient (Wildman–Crippen LogP) is 5.33. The second kappa shape index (κ2) is 6.92. The number of nitrogens with zero attached hydrogens (tertiary/aromatic N) is 2. The van der Waals surface area contributed by atoms with Gasteiger partial charge in [0.05, 0.1) is 11.1 Å². The Labute approximate surface area is 156 Å². The molecular formula is C23H18N2O2. The minimum absolute atomic E-state index is 0.316. The first-order chi connectivity index (χ1) is 13.1. The Bertz CT molecular complexity index is 1270. The van der Waals surface area contributed by atoms with Crippen molar-refractivity contribution in [2.75, 3.05) is 0 Å². The maximum Gasteiger partial charge on any atom is 0.337 e. The normalized spacial score (nSPS) is 10.7. The van der Waals surface area contributed by atoms with Crippen LogP contribution in [0.1, 0.15) is 16.1 Å². The summed E-state index contributed by atoms with van der Waals surface area (Å²) >= 11 is 0. The van der Waals surface area contributed by atoms with Crippen molar-refractivity contribution in [1.82, 2.24) is 9.38 Å². The number of aryl methyl sites for hydroxylation is 1. The molecule has 0 aliphatic heterocycles. The molecule has 132 valence electrons. The van der Waals surface area contributed by atoms with E-state index in [1.54, 1.807) is 12.3 Å². The molecule has 27 heavy (non-hydrogen) atoms. The van der Waals surface area contributed by atoms with Gasteiger partial charge in [-0.25, -0.2) is 4.79 Å². The quantitative estimate of drug-likeness (QED) is 0.442. The van der Waals surface area contributed by atoms with Crippen molar-refractivity contribution >= 4 is 33.0 Å². The molecule has 0 bridgehead atoms. The molecule has 0 unspecified atom stereocenters. The van der Waals surface area contributed by atoms with Crippen molar-refractivity contribution in [3.8, 4) is 0 Å². The number of hydrogen-bond acceptors (Lipinski definition) is 2. The van der Waals surface area contributed by atoms with Gasteiger partial charge >= 0.3 is 5.97 Å². The second-order valence-electron chi connectivity index (χ2n) is 6.35. The Balaban J connectivity index is 0.000000143. The maximum atomic E-state index is 10.9. The highest BCUT2D eigenvalue weighted by Gasteiger charge is 2.08. The lowest BCUT2D eigenvalue weighted by atomic mass is 10.1. The van der Waals surface area contributed by atoms with Gasteiger partial charge in [0.2, 0.25) is 0 Å². The average Bonchev–Trinajstić information content (AvgIpc) is 3.14. The first-order valence-corrected chi connectivity index (χ1v) is 8.66. The van der Waals surface area contributed by atoms with Gasteiger partial charge in [0.1, 0.15) is 0 Å². The second-order valence-corrected chi connectivity index (χ2v) is 6.35. The number of aromatic carboxylic acids is 1. The van der Waals surface area contributed by atoms with E-state index in [4.69, 9.17) is 5.11 Å². The van der Waals surface area contributed by atoms with Crippen LogP contribution in [0, 0.1) is 6.92 Å². The third-order valence-electron chi connectivity index (χ3n) is 4.62. The summed E-state index contributed by atoms with van der Waals surface area (Å²) in [5, 5.41) is 13.6. The van der Waals surface area contributed by atoms with Crippen molar-refractivity contribution < 1.29 is 9.90 Å². The van der Waals surface area contributed by atoms with Crippen LogP contribution in [0.3, 0.4) is 0 Å². The van der Waals surface area contributed by atoms with Gasteiger partial charge in [-0.3, -0.25) is 4.98 Å². The lowest BCUT2D eigenvalue weighted by molar-refractivity contribution is 0.0697. The van der Waals surface area contributed by atoms with Crippen LogP contribution in [0.4, 0.5) is 0 Å². The van der Waals surface area contributed by atoms with Crippen molar-refractivity contribution in [3.05, 3.63) is 96.6 Å². The SMILES string of the molecule is Cc1nccc2ccccc12.O=C(O)c1cc2c3ccccc3ccn2c1. The molecule has 5 aromatic rings. The molecule has 0 aliphatic carbocycles. The Hall–Kier alpha value is -3.66. The summed E-state index contributed by atoms with van der Waals surface area (Å²) < 4.78 is 1.84. The Morgan fingerprint density at radius 2 is 1.59 bits per heavy atom. The molecule has 0 radical (unpaired) electrons. The molecule has 4 nitrogen and oxygen atoms in total. The molecule has 5 rings (SSSR count). The van der Waals surface area contributed by atoms with Gasteiger partial charge in [-0.05, 0) is 35.9 Å². The molecule has 3 heterocycles. The lowest BCUT2D eigenvalue weighted by Gasteiger charge is -2.00. The standard InChI is InChI=1S/C13H9NO2.C10H9N/c15-13(16)10-7-12-11-4-2-1-3-9(11)5-6-14(12)8-10;1-8-10-5-3-2-4-9(10)6-7-11-8/h1-8H,(H,15,16);2-7H,1H3. The molecule has 3 aromatic heterocycles. The minimum Gasteiger partial charge on any atom is -0.478 e. The van der Waals surface area contributed by atoms with Crippen LogP contribution in [0.15, 0.2) is 85.3 Å². The van der Waals surface area contributed by atoms with E-state index in [0.29, 0.717) is 5.56 Å². The van der Waals surface area contributed by atoms with Crippen LogP contribution >= 0.6 is 0 Å². The highest BCUT2D eigenvalue weighted by Crippen LogP contribution is 2.21. The zero-order valence-corrected chi connectivity index (χ0v) is 14.8. The van der Waals surface area contributed by atoms with Crippen LogP contribution in [0.25, 0.3) is 27.1 Å². The molecule has 0 saturated heterocycles. The summed E-state index contributed by atoms with van der Waals surface area (Å²) in [5.41, 5.74) is 2.34. The van der Waals surface area contributed by atoms with E-state index >= 15 is 0 Å². The fraction of sp³-hybridized carbons (Fsp3) is 0.0435. The van der Waals surface area contributed by atoms with E-state index in [-0.39, 0.29) is 0 Å². The van der Waals surface area contributed by atoms with Crippen LogP contribution in [0.5, 0.6) is 0 Å².